The van der Waals surface area contributed by atoms with Gasteiger partial charge in [-0.25, -0.2) is 15.0 Å². The maximum absolute atomic E-state index is 9.16. The van der Waals surface area contributed by atoms with Gasteiger partial charge in [0.2, 0.25) is 0 Å². The first kappa shape index (κ1) is 11.0. The molecule has 1 aliphatic rings. The van der Waals surface area contributed by atoms with Crippen molar-refractivity contribution in [1.82, 2.24) is 19.5 Å². The summed E-state index contributed by atoms with van der Waals surface area (Å²) in [4.78, 5) is 12.8. The van der Waals surface area contributed by atoms with Crippen molar-refractivity contribution in [2.45, 2.75) is 42.7 Å². The minimum Gasteiger partial charge on any atom is -0.376 e. The molecule has 0 atom stereocenters. The van der Waals surface area contributed by atoms with Gasteiger partial charge in [-0.3, -0.25) is 4.57 Å². The second-order valence-corrected chi connectivity index (χ2v) is 5.52. The molecule has 90 valence electrons. The molecule has 6 heteroatoms. The number of rotatable bonds is 3. The predicted octanol–water partition coefficient (Wildman–Crippen LogP) is 1.81. The van der Waals surface area contributed by atoms with Gasteiger partial charge in [-0.15, -0.1) is 11.8 Å². The minimum atomic E-state index is -0.0962. The van der Waals surface area contributed by atoms with Gasteiger partial charge in [0, 0.05) is 5.25 Å². The molecule has 3 rings (SSSR count). The van der Waals surface area contributed by atoms with Crippen molar-refractivity contribution in [3.8, 4) is 0 Å². The Hall–Kier alpha value is -1.14. The van der Waals surface area contributed by atoms with Crippen molar-refractivity contribution in [3.63, 3.8) is 0 Å². The predicted molar refractivity (Wildman–Crippen MR) is 65.7 cm³/mol. The Balaban J connectivity index is 1.95. The number of nitrogens with zero attached hydrogens (tertiary/aromatic N) is 4. The van der Waals surface area contributed by atoms with Crippen LogP contribution in [0.5, 0.6) is 0 Å². The summed E-state index contributed by atoms with van der Waals surface area (Å²) >= 11 is 1.80. The van der Waals surface area contributed by atoms with Crippen LogP contribution in [0, 0.1) is 0 Å². The normalized spacial score (nSPS) is 17.0. The average molecular weight is 250 g/mol. The zero-order valence-electron chi connectivity index (χ0n) is 9.41. The molecule has 1 aliphatic carbocycles. The lowest BCUT2D eigenvalue weighted by Crippen LogP contribution is -1.98. The van der Waals surface area contributed by atoms with E-state index in [4.69, 9.17) is 5.11 Å². The molecule has 2 aromatic heterocycles. The second-order valence-electron chi connectivity index (χ2n) is 4.23. The van der Waals surface area contributed by atoms with Gasteiger partial charge in [0.15, 0.2) is 5.65 Å². The van der Waals surface area contributed by atoms with Crippen molar-refractivity contribution in [2.75, 3.05) is 0 Å². The van der Waals surface area contributed by atoms with Crippen LogP contribution in [0.4, 0.5) is 0 Å². The maximum atomic E-state index is 9.16. The van der Waals surface area contributed by atoms with E-state index < -0.39 is 0 Å². The first-order valence-electron chi connectivity index (χ1n) is 5.82. The molecule has 0 saturated heterocycles. The van der Waals surface area contributed by atoms with Crippen LogP contribution in [-0.4, -0.2) is 29.9 Å². The number of fused-ring (bicyclic) bond motifs is 1. The number of hydrogen-bond acceptors (Lipinski definition) is 5. The van der Waals surface area contributed by atoms with E-state index in [0.717, 1.165) is 10.5 Å². The van der Waals surface area contributed by atoms with Gasteiger partial charge < -0.3 is 5.11 Å². The molecule has 5 nitrogen and oxygen atoms in total. The smallest absolute Gasteiger partial charge is 0.166 e. The summed E-state index contributed by atoms with van der Waals surface area (Å²) in [5.74, 6) is 0. The average Bonchev–Trinajstić information content (AvgIpc) is 2.97. The number of imidazole rings is 1. The highest BCUT2D eigenvalue weighted by molar-refractivity contribution is 8.00. The summed E-state index contributed by atoms with van der Waals surface area (Å²) < 4.78 is 1.62. The first-order valence-corrected chi connectivity index (χ1v) is 6.70. The van der Waals surface area contributed by atoms with E-state index in [0.29, 0.717) is 10.9 Å². The van der Waals surface area contributed by atoms with E-state index in [2.05, 4.69) is 15.0 Å². The van der Waals surface area contributed by atoms with Crippen LogP contribution >= 0.6 is 11.8 Å². The van der Waals surface area contributed by atoms with Gasteiger partial charge in [-0.2, -0.15) is 0 Å². The second kappa shape index (κ2) is 4.62. The van der Waals surface area contributed by atoms with E-state index in [1.165, 1.54) is 25.7 Å². The van der Waals surface area contributed by atoms with Crippen LogP contribution in [0.15, 0.2) is 17.7 Å². The summed E-state index contributed by atoms with van der Waals surface area (Å²) in [6, 6.07) is 0. The molecule has 0 aromatic carbocycles. The third kappa shape index (κ3) is 2.02. The lowest BCUT2D eigenvalue weighted by atomic mass is 10.4. The Morgan fingerprint density at radius 3 is 2.88 bits per heavy atom. The summed E-state index contributed by atoms with van der Waals surface area (Å²) in [7, 11) is 0. The largest absolute Gasteiger partial charge is 0.376 e. The summed E-state index contributed by atoms with van der Waals surface area (Å²) in [6.45, 7) is -0.0962. The van der Waals surface area contributed by atoms with Gasteiger partial charge in [0.25, 0.3) is 0 Å². The van der Waals surface area contributed by atoms with Crippen LogP contribution in [-0.2, 0) is 6.73 Å². The fraction of sp³-hybridized carbons (Fsp3) is 0.545. The SMILES string of the molecule is OCn1cnc2c(SC3CCCC3)ncnc21. The molecule has 2 heterocycles. The van der Waals surface area contributed by atoms with Crippen LogP contribution in [0.1, 0.15) is 25.7 Å². The topological polar surface area (TPSA) is 63.8 Å². The van der Waals surface area contributed by atoms with Crippen LogP contribution in [0.3, 0.4) is 0 Å². The summed E-state index contributed by atoms with van der Waals surface area (Å²) in [5, 5.41) is 10.8. The summed E-state index contributed by atoms with van der Waals surface area (Å²) in [5.41, 5.74) is 1.52. The van der Waals surface area contributed by atoms with Crippen molar-refractivity contribution >= 4 is 22.9 Å². The first-order chi connectivity index (χ1) is 8.38. The number of thioether (sulfide) groups is 1. The Morgan fingerprint density at radius 2 is 2.12 bits per heavy atom. The number of aromatic nitrogens is 4. The van der Waals surface area contributed by atoms with Crippen molar-refractivity contribution in [3.05, 3.63) is 12.7 Å². The standard InChI is InChI=1S/C11H14N4OS/c16-7-15-6-14-9-10(15)12-5-13-11(9)17-8-3-1-2-4-8/h5-6,8,16H,1-4,7H2. The van der Waals surface area contributed by atoms with Crippen molar-refractivity contribution < 1.29 is 5.11 Å². The molecular weight excluding hydrogens is 236 g/mol. The van der Waals surface area contributed by atoms with E-state index in [9.17, 15) is 0 Å². The highest BCUT2D eigenvalue weighted by atomic mass is 32.2. The highest BCUT2D eigenvalue weighted by Crippen LogP contribution is 2.35. The van der Waals surface area contributed by atoms with Gasteiger partial charge in [-0.05, 0) is 12.8 Å². The highest BCUT2D eigenvalue weighted by Gasteiger charge is 2.19. The molecule has 2 aromatic rings. The number of aliphatic hydroxyl groups is 1. The zero-order chi connectivity index (χ0) is 11.7. The lowest BCUT2D eigenvalue weighted by molar-refractivity contribution is 0.214. The Kier molecular flexibility index (Phi) is 2.98. The molecule has 0 radical (unpaired) electrons. The molecule has 0 bridgehead atoms. The third-order valence-electron chi connectivity index (χ3n) is 3.10. The van der Waals surface area contributed by atoms with Crippen LogP contribution in [0.25, 0.3) is 11.2 Å². The molecule has 1 saturated carbocycles. The molecule has 1 fully saturated rings. The van der Waals surface area contributed by atoms with E-state index in [1.54, 1.807) is 29.0 Å². The molecule has 1 N–H and O–H groups in total. The number of hydrogen-bond donors (Lipinski definition) is 1. The maximum Gasteiger partial charge on any atom is 0.166 e. The zero-order valence-corrected chi connectivity index (χ0v) is 10.2. The molecule has 0 unspecified atom stereocenters. The monoisotopic (exact) mass is 250 g/mol. The Bertz CT molecular complexity index is 521. The molecule has 0 amide bonds. The Morgan fingerprint density at radius 1 is 1.29 bits per heavy atom. The lowest BCUT2D eigenvalue weighted by Gasteiger charge is -2.07. The van der Waals surface area contributed by atoms with Crippen LogP contribution < -0.4 is 0 Å². The fourth-order valence-electron chi connectivity index (χ4n) is 2.21. The van der Waals surface area contributed by atoms with Crippen molar-refractivity contribution in [1.29, 1.82) is 0 Å². The van der Waals surface area contributed by atoms with Gasteiger partial charge in [-0.1, -0.05) is 12.8 Å². The summed E-state index contributed by atoms with van der Waals surface area (Å²) in [6.07, 6.45) is 8.31. The Labute approximate surface area is 103 Å². The van der Waals surface area contributed by atoms with Crippen molar-refractivity contribution in [2.24, 2.45) is 0 Å². The number of aliphatic hydroxyl groups excluding tert-OH is 1. The third-order valence-corrected chi connectivity index (χ3v) is 4.43. The van der Waals surface area contributed by atoms with E-state index in [1.807, 2.05) is 0 Å². The van der Waals surface area contributed by atoms with Gasteiger partial charge >= 0.3 is 0 Å². The quantitative estimate of drug-likeness (QED) is 0.842. The van der Waals surface area contributed by atoms with E-state index in [-0.39, 0.29) is 6.73 Å². The van der Waals surface area contributed by atoms with E-state index >= 15 is 0 Å². The molecule has 0 spiro atoms. The minimum absolute atomic E-state index is 0.0962. The fourth-order valence-corrected chi connectivity index (χ4v) is 3.46. The van der Waals surface area contributed by atoms with Crippen LogP contribution in [0.2, 0.25) is 0 Å². The molecule has 0 aliphatic heterocycles. The molecule has 17 heavy (non-hydrogen) atoms. The molecular formula is C11H14N4OS. The van der Waals surface area contributed by atoms with Gasteiger partial charge in [0.05, 0.1) is 6.33 Å². The van der Waals surface area contributed by atoms with Gasteiger partial charge in [0.1, 0.15) is 23.6 Å².